The summed E-state index contributed by atoms with van der Waals surface area (Å²) in [7, 11) is 0. The fourth-order valence-corrected chi connectivity index (χ4v) is 3.91. The molecule has 0 N–H and O–H groups in total. The Labute approximate surface area is 169 Å². The summed E-state index contributed by atoms with van der Waals surface area (Å²) in [6, 6.07) is 17.9. The summed E-state index contributed by atoms with van der Waals surface area (Å²) in [5.74, 6) is -0.178. The summed E-state index contributed by atoms with van der Waals surface area (Å²) in [5.41, 5.74) is 3.11. The third-order valence-corrected chi connectivity index (χ3v) is 5.53. The first-order chi connectivity index (χ1) is 13.7. The molecule has 0 atom stereocenters. The molecule has 1 amide bonds. The highest BCUT2D eigenvalue weighted by Crippen LogP contribution is 2.26. The number of hydrogen-bond acceptors (Lipinski definition) is 2. The molecule has 0 radical (unpaired) electrons. The number of para-hydroxylation sites is 1. The zero-order valence-corrected chi connectivity index (χ0v) is 16.2. The van der Waals surface area contributed by atoms with Gasteiger partial charge in [0, 0.05) is 47.3 Å². The van der Waals surface area contributed by atoms with Crippen molar-refractivity contribution in [1.29, 1.82) is 5.26 Å². The first-order valence-electron chi connectivity index (χ1n) is 9.40. The van der Waals surface area contributed by atoms with Crippen LogP contribution in [0.15, 0.2) is 60.3 Å². The minimum atomic E-state index is -0.178. The Bertz CT molecular complexity index is 1100. The van der Waals surface area contributed by atoms with Gasteiger partial charge < -0.3 is 9.47 Å². The summed E-state index contributed by atoms with van der Waals surface area (Å²) in [6.45, 7) is 2.08. The molecule has 2 aromatic carbocycles. The molecule has 1 fully saturated rings. The maximum Gasteiger partial charge on any atom is 0.264 e. The van der Waals surface area contributed by atoms with Crippen molar-refractivity contribution in [2.45, 2.75) is 19.4 Å². The molecule has 28 heavy (non-hydrogen) atoms. The van der Waals surface area contributed by atoms with Gasteiger partial charge in [-0.1, -0.05) is 48.0 Å². The first kappa shape index (κ1) is 18.3. The van der Waals surface area contributed by atoms with Gasteiger partial charge >= 0.3 is 0 Å². The molecule has 1 aromatic heterocycles. The van der Waals surface area contributed by atoms with Gasteiger partial charge in [0.15, 0.2) is 0 Å². The lowest BCUT2D eigenvalue weighted by Crippen LogP contribution is -2.28. The summed E-state index contributed by atoms with van der Waals surface area (Å²) in [6.07, 6.45) is 5.71. The van der Waals surface area contributed by atoms with E-state index in [2.05, 4.69) is 10.6 Å². The van der Waals surface area contributed by atoms with E-state index >= 15 is 0 Å². The van der Waals surface area contributed by atoms with Crippen LogP contribution in [0.5, 0.6) is 0 Å². The van der Waals surface area contributed by atoms with E-state index in [9.17, 15) is 10.1 Å². The second-order valence-electron chi connectivity index (χ2n) is 6.99. The van der Waals surface area contributed by atoms with Crippen molar-refractivity contribution in [3.05, 3.63) is 76.5 Å². The quantitative estimate of drug-likeness (QED) is 0.472. The Morgan fingerprint density at radius 1 is 1.11 bits per heavy atom. The number of likely N-dealkylation sites (tertiary alicyclic amines) is 1. The van der Waals surface area contributed by atoms with Crippen LogP contribution in [-0.2, 0) is 11.3 Å². The topological polar surface area (TPSA) is 49.0 Å². The molecule has 1 aliphatic heterocycles. The van der Waals surface area contributed by atoms with E-state index in [0.717, 1.165) is 53.0 Å². The van der Waals surface area contributed by atoms with Crippen LogP contribution in [0.4, 0.5) is 0 Å². The average Bonchev–Trinajstić information content (AvgIpc) is 3.36. The number of hydrogen-bond donors (Lipinski definition) is 0. The lowest BCUT2D eigenvalue weighted by Gasteiger charge is -2.13. The second-order valence-corrected chi connectivity index (χ2v) is 7.40. The molecule has 1 aliphatic rings. The summed E-state index contributed by atoms with van der Waals surface area (Å²) < 4.78 is 2.11. The molecule has 5 heteroatoms. The van der Waals surface area contributed by atoms with Crippen molar-refractivity contribution >= 4 is 34.5 Å². The number of halogens is 1. The van der Waals surface area contributed by atoms with Gasteiger partial charge in [-0.05, 0) is 36.6 Å². The minimum Gasteiger partial charge on any atom is -0.342 e. The van der Waals surface area contributed by atoms with Crippen LogP contribution in [0.1, 0.15) is 24.0 Å². The van der Waals surface area contributed by atoms with Crippen LogP contribution in [0.3, 0.4) is 0 Å². The molecule has 4 nitrogen and oxygen atoms in total. The lowest BCUT2D eigenvalue weighted by atomic mass is 10.1. The molecule has 0 unspecified atom stereocenters. The smallest absolute Gasteiger partial charge is 0.264 e. The van der Waals surface area contributed by atoms with Crippen LogP contribution in [0.25, 0.3) is 17.0 Å². The Morgan fingerprint density at radius 2 is 1.82 bits per heavy atom. The van der Waals surface area contributed by atoms with Crippen molar-refractivity contribution in [3.63, 3.8) is 0 Å². The molecule has 3 aromatic rings. The molecule has 4 rings (SSSR count). The number of carbonyl (C=O) groups excluding carboxylic acids is 1. The highest BCUT2D eigenvalue weighted by atomic mass is 35.5. The number of rotatable bonds is 4. The highest BCUT2D eigenvalue weighted by molar-refractivity contribution is 6.31. The predicted octanol–water partition coefficient (Wildman–Crippen LogP) is 4.87. The Balaban J connectivity index is 1.74. The largest absolute Gasteiger partial charge is 0.342 e. The Morgan fingerprint density at radius 3 is 2.57 bits per heavy atom. The van der Waals surface area contributed by atoms with E-state index in [-0.39, 0.29) is 11.5 Å². The highest BCUT2D eigenvalue weighted by Gasteiger charge is 2.22. The van der Waals surface area contributed by atoms with Crippen molar-refractivity contribution in [2.24, 2.45) is 0 Å². The van der Waals surface area contributed by atoms with E-state index in [4.69, 9.17) is 11.6 Å². The van der Waals surface area contributed by atoms with Crippen LogP contribution in [0.2, 0.25) is 5.02 Å². The summed E-state index contributed by atoms with van der Waals surface area (Å²) in [5, 5.41) is 11.3. The molecular formula is C23H20ClN3O. The molecule has 0 saturated carbocycles. The van der Waals surface area contributed by atoms with Gasteiger partial charge in [0.05, 0.1) is 0 Å². The number of nitriles is 1. The second kappa shape index (κ2) is 7.92. The SMILES string of the molecule is N#C/C(=C\c1cn(Cc2ccccc2Cl)c2ccccc12)C(=O)N1CCCC1. The van der Waals surface area contributed by atoms with Gasteiger partial charge in [-0.2, -0.15) is 5.26 Å². The molecule has 1 saturated heterocycles. The molecule has 0 bridgehead atoms. The van der Waals surface area contributed by atoms with E-state index in [1.807, 2.05) is 54.7 Å². The lowest BCUT2D eigenvalue weighted by molar-refractivity contribution is -0.125. The zero-order chi connectivity index (χ0) is 19.5. The average molecular weight is 390 g/mol. The number of nitrogens with zero attached hydrogens (tertiary/aromatic N) is 3. The van der Waals surface area contributed by atoms with E-state index < -0.39 is 0 Å². The predicted molar refractivity (Wildman–Crippen MR) is 112 cm³/mol. The number of amides is 1. The zero-order valence-electron chi connectivity index (χ0n) is 15.4. The van der Waals surface area contributed by atoms with Crippen molar-refractivity contribution < 1.29 is 4.79 Å². The third-order valence-electron chi connectivity index (χ3n) is 5.16. The van der Waals surface area contributed by atoms with Crippen LogP contribution in [0, 0.1) is 11.3 Å². The van der Waals surface area contributed by atoms with Gasteiger partial charge in [0.1, 0.15) is 11.6 Å². The van der Waals surface area contributed by atoms with Crippen LogP contribution < -0.4 is 0 Å². The van der Waals surface area contributed by atoms with Crippen molar-refractivity contribution in [2.75, 3.05) is 13.1 Å². The molecular weight excluding hydrogens is 370 g/mol. The van der Waals surface area contributed by atoms with Gasteiger partial charge in [-0.25, -0.2) is 0 Å². The van der Waals surface area contributed by atoms with Crippen molar-refractivity contribution in [1.82, 2.24) is 9.47 Å². The van der Waals surface area contributed by atoms with E-state index in [0.29, 0.717) is 6.54 Å². The van der Waals surface area contributed by atoms with Crippen molar-refractivity contribution in [3.8, 4) is 6.07 Å². The fourth-order valence-electron chi connectivity index (χ4n) is 3.72. The van der Waals surface area contributed by atoms with Gasteiger partial charge in [0.25, 0.3) is 5.91 Å². The minimum absolute atomic E-state index is 0.178. The summed E-state index contributed by atoms with van der Waals surface area (Å²) in [4.78, 5) is 14.4. The van der Waals surface area contributed by atoms with Crippen LogP contribution >= 0.6 is 11.6 Å². The number of fused-ring (bicyclic) bond motifs is 1. The number of aromatic nitrogens is 1. The number of benzene rings is 2. The van der Waals surface area contributed by atoms with Gasteiger partial charge in [-0.3, -0.25) is 4.79 Å². The standard InChI is InChI=1S/C23H20ClN3O/c24-21-9-3-1-7-17(21)15-27-16-19(20-8-2-4-10-22(20)27)13-18(14-25)23(28)26-11-5-6-12-26/h1-4,7-10,13,16H,5-6,11-12,15H2/b18-13+. The molecule has 140 valence electrons. The van der Waals surface area contributed by atoms with Crippen LogP contribution in [-0.4, -0.2) is 28.5 Å². The van der Waals surface area contributed by atoms with E-state index in [1.54, 1.807) is 11.0 Å². The van der Waals surface area contributed by atoms with Gasteiger partial charge in [-0.15, -0.1) is 0 Å². The Hall–Kier alpha value is -3.03. The summed E-state index contributed by atoms with van der Waals surface area (Å²) >= 11 is 6.33. The molecule has 0 aliphatic carbocycles. The Kier molecular flexibility index (Phi) is 5.18. The normalized spacial score (nSPS) is 14.4. The maximum absolute atomic E-state index is 12.7. The van der Waals surface area contributed by atoms with E-state index in [1.165, 1.54) is 0 Å². The van der Waals surface area contributed by atoms with Gasteiger partial charge in [0.2, 0.25) is 0 Å². The first-order valence-corrected chi connectivity index (χ1v) is 9.77. The maximum atomic E-state index is 12.7. The monoisotopic (exact) mass is 389 g/mol. The molecule has 0 spiro atoms. The fraction of sp³-hybridized carbons (Fsp3) is 0.217. The number of carbonyl (C=O) groups is 1. The third kappa shape index (κ3) is 3.54. The molecule has 2 heterocycles.